The normalized spacial score (nSPS) is 22.0. The highest BCUT2D eigenvalue weighted by Gasteiger charge is 2.45. The van der Waals surface area contributed by atoms with Crippen molar-refractivity contribution >= 4 is 95.1 Å². The van der Waals surface area contributed by atoms with E-state index in [2.05, 4.69) is 58.2 Å². The Labute approximate surface area is 643 Å². The molecule has 1 heterocycles. The number of hydrogen-bond donors (Lipinski definition) is 20. The third-order valence-electron chi connectivity index (χ3n) is 16.3. The van der Waals surface area contributed by atoms with E-state index in [0.717, 1.165) is 6.92 Å². The summed E-state index contributed by atoms with van der Waals surface area (Å²) in [5, 5.41) is 80.2. The Morgan fingerprint density at radius 1 is 0.643 bits per heavy atom. The van der Waals surface area contributed by atoms with Crippen LogP contribution in [0.3, 0.4) is 0 Å². The zero-order valence-corrected chi connectivity index (χ0v) is 64.1. The molecule has 1 aliphatic rings. The van der Waals surface area contributed by atoms with Gasteiger partial charge in [0.25, 0.3) is 0 Å². The standard InChI is InChI=1S/C68H106N16O21.C2HF3O2/c1-13-36(8)46-60(96)82-47(37(9)86)59(95)73-30-45(87)80-49(52(89)54(69)90)62(98)78-44(31-85)64(100)104-53(39-23-18-15-19-24-39)50(63(99)83-48(51(88)35(6)7)61(97)77-41(27-33(2)3)56(92)75-40(55(91)81-46)25-20-26-72-65(70)71)84-57(93)42(28-34(4)5)76-58(94)43(29-74-66(101)105-68(10,11)12)79-67(102)103-32-38-21-16-14-17-22-38;3-2(4,5)1(6)7/h14-19,21-24,33-37,40-44,46-53,85-86,88-89H,13,20,25-32H2,1-12H3,(H2,69,90)(H,73,95)(H,74,101)(H,75,92)(H,76,94)(H,77,97)(H,78,98)(H,79,102)(H,80,87)(H,81,91)(H,82,96)(H,83,99)(H,84,93)(H4,70,71,72);(H,6,7)/t36-,37-,40+,41-,42-,43-,44-,46-,47-,48-,49-,50-,51+,52-,53+;/m0./s1. The minimum Gasteiger partial charge on any atom is -0.475 e. The van der Waals surface area contributed by atoms with Crippen molar-refractivity contribution < 1.29 is 125 Å². The fourth-order valence-electron chi connectivity index (χ4n) is 10.2. The molecule has 3 rings (SSSR count). The number of carboxylic acids is 1. The molecule has 23 N–H and O–H groups in total. The lowest BCUT2D eigenvalue weighted by molar-refractivity contribution is -0.192. The Morgan fingerprint density at radius 2 is 1.18 bits per heavy atom. The van der Waals surface area contributed by atoms with Gasteiger partial charge in [0.15, 0.2) is 24.2 Å². The minimum absolute atomic E-state index is 0.0103. The summed E-state index contributed by atoms with van der Waals surface area (Å²) in [5.74, 6) is -21.4. The topological polar surface area (TPSA) is 620 Å². The van der Waals surface area contributed by atoms with Crippen molar-refractivity contribution in [2.24, 2.45) is 45.9 Å². The third-order valence-corrected chi connectivity index (χ3v) is 16.3. The van der Waals surface area contributed by atoms with Gasteiger partial charge in [-0.05, 0) is 88.2 Å². The molecule has 39 nitrogen and oxygen atoms in total. The van der Waals surface area contributed by atoms with E-state index < -0.39 is 229 Å². The number of carboxylic acid groups (broad SMARTS) is 1. The number of carbonyl (C=O) groups excluding carboxylic acids is 14. The molecule has 1 fully saturated rings. The summed E-state index contributed by atoms with van der Waals surface area (Å²) in [6.45, 7) is 15.0. The molecule has 112 heavy (non-hydrogen) atoms. The molecular weight excluding hydrogens is 1490 g/mol. The van der Waals surface area contributed by atoms with Crippen LogP contribution in [0.4, 0.5) is 22.8 Å². The number of benzene rings is 2. The number of nitrogens with two attached hydrogens (primary N) is 3. The molecule has 13 amide bonds. The second kappa shape index (κ2) is 46.6. The van der Waals surface area contributed by atoms with Crippen molar-refractivity contribution in [3.8, 4) is 0 Å². The van der Waals surface area contributed by atoms with Crippen molar-refractivity contribution in [2.75, 3.05) is 26.2 Å². The molecule has 0 bridgehead atoms. The maximum absolute atomic E-state index is 15.7. The smallest absolute Gasteiger partial charge is 0.475 e. The number of hydrogen-bond acceptors (Lipinski definition) is 23. The number of nitrogens with zero attached hydrogens (tertiary/aromatic N) is 1. The third kappa shape index (κ3) is 34.5. The molecule has 1 saturated heterocycles. The maximum Gasteiger partial charge on any atom is 0.490 e. The summed E-state index contributed by atoms with van der Waals surface area (Å²) in [6.07, 6.45) is -16.2. The number of rotatable bonds is 26. The van der Waals surface area contributed by atoms with Crippen LogP contribution in [0.25, 0.3) is 0 Å². The monoisotopic (exact) mass is 1600 g/mol. The second-order valence-corrected chi connectivity index (χ2v) is 28.3. The van der Waals surface area contributed by atoms with E-state index in [-0.39, 0.29) is 56.8 Å². The molecule has 0 unspecified atom stereocenters. The second-order valence-electron chi connectivity index (χ2n) is 28.3. The summed E-state index contributed by atoms with van der Waals surface area (Å²) in [4.78, 5) is 212. The van der Waals surface area contributed by atoms with Crippen LogP contribution in [0.2, 0.25) is 0 Å². The number of esters is 1. The number of halogens is 3. The number of aliphatic carboxylic acids is 1. The van der Waals surface area contributed by atoms with Gasteiger partial charge in [-0.25, -0.2) is 19.2 Å². The van der Waals surface area contributed by atoms with Crippen molar-refractivity contribution in [3.63, 3.8) is 0 Å². The van der Waals surface area contributed by atoms with E-state index in [1.807, 2.05) is 10.6 Å². The van der Waals surface area contributed by atoms with Gasteiger partial charge in [-0.2, -0.15) is 13.2 Å². The van der Waals surface area contributed by atoms with E-state index in [9.17, 15) is 86.3 Å². The minimum atomic E-state index is -5.08. The molecule has 0 saturated carbocycles. The number of alkyl halides is 3. The van der Waals surface area contributed by atoms with Crippen LogP contribution in [0.1, 0.15) is 132 Å². The van der Waals surface area contributed by atoms with Gasteiger partial charge in [0.05, 0.1) is 31.9 Å². The van der Waals surface area contributed by atoms with Gasteiger partial charge in [-0.15, -0.1) is 0 Å². The quantitative estimate of drug-likeness (QED) is 0.0144. The number of aliphatic imine (C=N–C) groups is 1. The van der Waals surface area contributed by atoms with E-state index in [1.54, 1.807) is 92.6 Å². The molecule has 2 aromatic carbocycles. The lowest BCUT2D eigenvalue weighted by Gasteiger charge is -2.34. The fourth-order valence-corrected chi connectivity index (χ4v) is 10.2. The number of ether oxygens (including phenoxy) is 3. The highest BCUT2D eigenvalue weighted by molar-refractivity contribution is 6.00. The number of carbonyl (C=O) groups is 15. The highest BCUT2D eigenvalue weighted by atomic mass is 19.4. The van der Waals surface area contributed by atoms with Crippen LogP contribution in [-0.2, 0) is 83.1 Å². The number of amides is 13. The molecule has 0 aromatic heterocycles. The number of nitrogens with one attached hydrogen (secondary N) is 12. The highest BCUT2D eigenvalue weighted by Crippen LogP contribution is 2.25. The van der Waals surface area contributed by atoms with Crippen LogP contribution in [0.5, 0.6) is 0 Å². The zero-order valence-electron chi connectivity index (χ0n) is 64.1. The summed E-state index contributed by atoms with van der Waals surface area (Å²) in [5.41, 5.74) is 15.9. The fraction of sp³-hybridized carbons (Fsp3) is 0.600. The molecule has 0 spiro atoms. The average Bonchev–Trinajstić information content (AvgIpc) is 0.808. The summed E-state index contributed by atoms with van der Waals surface area (Å²) >= 11 is 0. The van der Waals surface area contributed by atoms with Crippen molar-refractivity contribution in [1.29, 1.82) is 0 Å². The van der Waals surface area contributed by atoms with E-state index in [0.29, 0.717) is 5.56 Å². The first kappa shape index (κ1) is 97.1. The predicted molar refractivity (Wildman–Crippen MR) is 390 cm³/mol. The Balaban J connectivity index is 0.00000578. The van der Waals surface area contributed by atoms with E-state index >= 15 is 14.4 Å². The number of guanidine groups is 1. The predicted octanol–water partition coefficient (Wildman–Crippen LogP) is -3.36. The van der Waals surface area contributed by atoms with Gasteiger partial charge in [0.2, 0.25) is 65.0 Å². The molecule has 626 valence electrons. The maximum atomic E-state index is 15.7. The van der Waals surface area contributed by atoms with Gasteiger partial charge in [-0.3, -0.25) is 57.7 Å². The lowest BCUT2D eigenvalue weighted by atomic mass is 9.95. The molecule has 0 radical (unpaired) electrons. The molecule has 2 aromatic rings. The largest absolute Gasteiger partial charge is 0.490 e. The van der Waals surface area contributed by atoms with Crippen LogP contribution in [0.15, 0.2) is 65.7 Å². The average molecular weight is 1600 g/mol. The van der Waals surface area contributed by atoms with Gasteiger partial charge < -0.3 is 121 Å². The summed E-state index contributed by atoms with van der Waals surface area (Å²) < 4.78 is 48.4. The first-order valence-corrected chi connectivity index (χ1v) is 35.6. The molecule has 15 atom stereocenters. The molecule has 1 aliphatic heterocycles. The number of cyclic esters (lactones) is 1. The van der Waals surface area contributed by atoms with E-state index in [4.69, 9.17) is 41.3 Å². The zero-order chi connectivity index (χ0) is 85.2. The number of aliphatic hydroxyl groups is 4. The summed E-state index contributed by atoms with van der Waals surface area (Å²) in [6, 6.07) is -4.11. The van der Waals surface area contributed by atoms with Crippen LogP contribution in [-0.4, -0.2) is 237 Å². The number of aliphatic hydroxyl groups excluding tert-OH is 4. The molecule has 42 heteroatoms. The number of primary amides is 1. The molecule has 0 aliphatic carbocycles. The van der Waals surface area contributed by atoms with Gasteiger partial charge >= 0.3 is 30.3 Å². The first-order valence-electron chi connectivity index (χ1n) is 35.6. The van der Waals surface area contributed by atoms with Gasteiger partial charge in [0, 0.05) is 6.54 Å². The lowest BCUT2D eigenvalue weighted by Crippen LogP contribution is -2.64. The van der Waals surface area contributed by atoms with E-state index in [1.165, 1.54) is 44.2 Å². The molecular formula is C70H107F3N16O23. The van der Waals surface area contributed by atoms with Gasteiger partial charge in [0.1, 0.15) is 66.6 Å². The Bertz CT molecular complexity index is 3550. The SMILES string of the molecule is CC[C@H](C)[C@@H]1NC(=O)[C@@H](CCCN=C(N)N)NC(=O)[C@H](CC(C)C)NC(=O)[C@H]([C@H](O)C(C)C)NC(=O)[C@@H](NC(=O)[C@H](CC(C)C)NC(=O)[C@H](CNC(=O)OC(C)(C)C)NC(=O)OCc2ccccc2)[C@@H](c2ccccc2)OC(=O)[C@H](CO)NC(=O)[C@H]([C@H](O)C(N)=O)NC(=O)CNC(=O)[C@H]([C@H](C)O)NC1=O.O=C(O)C(F)(F)F. The summed E-state index contributed by atoms with van der Waals surface area (Å²) in [7, 11) is 0. The van der Waals surface area contributed by atoms with Crippen LogP contribution < -0.4 is 81.0 Å². The Kier molecular flexibility index (Phi) is 40.4. The number of alkyl carbamates (subject to hydrolysis) is 2. The van der Waals surface area contributed by atoms with Crippen LogP contribution >= 0.6 is 0 Å². The van der Waals surface area contributed by atoms with Crippen LogP contribution in [0, 0.1) is 23.7 Å². The first-order chi connectivity index (χ1) is 52.1. The van der Waals surface area contributed by atoms with Crippen molar-refractivity contribution in [1.82, 2.24) is 63.8 Å². The Hall–Kier alpha value is -11.0. The van der Waals surface area contributed by atoms with Crippen molar-refractivity contribution in [3.05, 3.63) is 71.8 Å². The Morgan fingerprint density at radius 3 is 1.70 bits per heavy atom. The van der Waals surface area contributed by atoms with Crippen molar-refractivity contribution in [2.45, 2.75) is 218 Å². The van der Waals surface area contributed by atoms with Gasteiger partial charge in [-0.1, -0.05) is 122 Å².